The second-order valence-corrected chi connectivity index (χ2v) is 8.26. The number of nitrogens with one attached hydrogen (secondary N) is 1. The van der Waals surface area contributed by atoms with Gasteiger partial charge in [-0.3, -0.25) is 4.79 Å². The van der Waals surface area contributed by atoms with Gasteiger partial charge in [-0.1, -0.05) is 23.1 Å². The van der Waals surface area contributed by atoms with Crippen LogP contribution in [0, 0.1) is 20.8 Å². The number of anilines is 1. The number of hydrogen-bond acceptors (Lipinski definition) is 8. The van der Waals surface area contributed by atoms with Gasteiger partial charge in [-0.15, -0.1) is 21.5 Å². The molecule has 124 valence electrons. The van der Waals surface area contributed by atoms with E-state index in [1.54, 1.807) is 6.92 Å². The van der Waals surface area contributed by atoms with Gasteiger partial charge in [0.1, 0.15) is 10.0 Å². The molecule has 0 aliphatic rings. The highest BCUT2D eigenvalue weighted by Crippen LogP contribution is 2.33. The Hall–Kier alpha value is -1.45. The molecule has 1 amide bonds. The van der Waals surface area contributed by atoms with E-state index in [-0.39, 0.29) is 11.7 Å². The molecule has 0 spiro atoms. The van der Waals surface area contributed by atoms with E-state index in [1.165, 1.54) is 34.4 Å². The summed E-state index contributed by atoms with van der Waals surface area (Å²) in [5.74, 6) is -0.376. The number of esters is 1. The first-order chi connectivity index (χ1) is 10.9. The van der Waals surface area contributed by atoms with Crippen molar-refractivity contribution in [3.8, 4) is 0 Å². The van der Waals surface area contributed by atoms with Gasteiger partial charge in [0.2, 0.25) is 5.91 Å². The fraction of sp³-hybridized carbons (Fsp3) is 0.429. The number of nitrogens with zero attached hydrogens (tertiary/aromatic N) is 2. The summed E-state index contributed by atoms with van der Waals surface area (Å²) in [5, 5.41) is 12.1. The van der Waals surface area contributed by atoms with Gasteiger partial charge in [0.25, 0.3) is 0 Å². The van der Waals surface area contributed by atoms with Gasteiger partial charge in [0, 0.05) is 4.88 Å². The number of thioether (sulfide) groups is 1. The van der Waals surface area contributed by atoms with E-state index in [1.807, 2.05) is 20.8 Å². The third kappa shape index (κ3) is 4.52. The van der Waals surface area contributed by atoms with Crippen LogP contribution in [0.3, 0.4) is 0 Å². The highest BCUT2D eigenvalue weighted by Gasteiger charge is 2.22. The maximum absolute atomic E-state index is 12.1. The third-order valence-electron chi connectivity index (χ3n) is 2.95. The summed E-state index contributed by atoms with van der Waals surface area (Å²) >= 11 is 4.15. The van der Waals surface area contributed by atoms with Gasteiger partial charge in [-0.2, -0.15) is 0 Å². The largest absolute Gasteiger partial charge is 0.462 e. The monoisotopic (exact) mass is 371 g/mol. The Labute approximate surface area is 146 Å². The van der Waals surface area contributed by atoms with Gasteiger partial charge in [0.05, 0.1) is 17.9 Å². The molecule has 9 heteroatoms. The number of hydrogen-bond donors (Lipinski definition) is 1. The molecule has 0 saturated heterocycles. The van der Waals surface area contributed by atoms with Crippen molar-refractivity contribution in [2.75, 3.05) is 17.7 Å². The van der Waals surface area contributed by atoms with Gasteiger partial charge < -0.3 is 10.1 Å². The van der Waals surface area contributed by atoms with Gasteiger partial charge >= 0.3 is 5.97 Å². The van der Waals surface area contributed by atoms with Crippen LogP contribution in [-0.4, -0.2) is 34.4 Å². The van der Waals surface area contributed by atoms with Crippen molar-refractivity contribution >= 4 is 51.3 Å². The van der Waals surface area contributed by atoms with Crippen molar-refractivity contribution in [3.63, 3.8) is 0 Å². The predicted molar refractivity (Wildman–Crippen MR) is 93.7 cm³/mol. The number of aromatic nitrogens is 2. The first-order valence-corrected chi connectivity index (χ1v) is 9.54. The van der Waals surface area contributed by atoms with E-state index in [0.29, 0.717) is 17.2 Å². The lowest BCUT2D eigenvalue weighted by atomic mass is 10.1. The number of ether oxygens (including phenoxy) is 1. The Balaban J connectivity index is 2.05. The number of amides is 1. The molecule has 2 aromatic rings. The van der Waals surface area contributed by atoms with Crippen molar-refractivity contribution in [3.05, 3.63) is 21.0 Å². The Morgan fingerprint density at radius 3 is 2.57 bits per heavy atom. The van der Waals surface area contributed by atoms with E-state index in [2.05, 4.69) is 15.5 Å². The third-order valence-corrected chi connectivity index (χ3v) is 6.05. The molecule has 0 bridgehead atoms. The molecule has 0 aliphatic carbocycles. The smallest absolute Gasteiger partial charge is 0.341 e. The predicted octanol–water partition coefficient (Wildman–Crippen LogP) is 3.43. The minimum absolute atomic E-state index is 0.186. The maximum Gasteiger partial charge on any atom is 0.341 e. The molecule has 0 radical (unpaired) electrons. The molecule has 6 nitrogen and oxygen atoms in total. The van der Waals surface area contributed by atoms with Gasteiger partial charge in [-0.05, 0) is 33.3 Å². The fourth-order valence-corrected chi connectivity index (χ4v) is 4.47. The van der Waals surface area contributed by atoms with Gasteiger partial charge in [-0.25, -0.2) is 4.79 Å². The first-order valence-electron chi connectivity index (χ1n) is 6.92. The Bertz CT molecular complexity index is 724. The molecule has 2 rings (SSSR count). The molecule has 0 aliphatic heterocycles. The molecule has 2 heterocycles. The number of carbonyl (C=O) groups excluding carboxylic acids is 2. The van der Waals surface area contributed by atoms with Crippen LogP contribution in [0.1, 0.15) is 32.7 Å². The molecule has 0 fully saturated rings. The van der Waals surface area contributed by atoms with Crippen LogP contribution in [0.25, 0.3) is 0 Å². The van der Waals surface area contributed by atoms with E-state index in [9.17, 15) is 9.59 Å². The van der Waals surface area contributed by atoms with Crippen LogP contribution < -0.4 is 5.32 Å². The second-order valence-electron chi connectivity index (χ2n) is 4.63. The lowest BCUT2D eigenvalue weighted by Gasteiger charge is -2.06. The second kappa shape index (κ2) is 7.89. The molecule has 1 N–H and O–H groups in total. The minimum Gasteiger partial charge on any atom is -0.462 e. The summed E-state index contributed by atoms with van der Waals surface area (Å²) in [4.78, 5) is 25.2. The number of rotatable bonds is 6. The van der Waals surface area contributed by atoms with Crippen LogP contribution in [0.4, 0.5) is 5.00 Å². The number of carbonyl (C=O) groups is 2. The summed E-state index contributed by atoms with van der Waals surface area (Å²) < 4.78 is 5.82. The van der Waals surface area contributed by atoms with Crippen molar-refractivity contribution in [2.24, 2.45) is 0 Å². The van der Waals surface area contributed by atoms with Crippen LogP contribution in [0.2, 0.25) is 0 Å². The Kier molecular flexibility index (Phi) is 6.14. The van der Waals surface area contributed by atoms with Gasteiger partial charge in [0.15, 0.2) is 4.34 Å². The summed E-state index contributed by atoms with van der Waals surface area (Å²) in [5.41, 5.74) is 1.29. The standard InChI is InChI=1S/C14H17N3O3S3/c1-5-20-13(19)11-7(2)8(3)22-12(11)15-10(18)6-21-14-17-16-9(4)23-14/h5-6H2,1-4H3,(H,15,18). The average molecular weight is 372 g/mol. The normalized spacial score (nSPS) is 10.6. The Morgan fingerprint density at radius 1 is 1.22 bits per heavy atom. The molecule has 0 aromatic carbocycles. The molecule has 2 aromatic heterocycles. The zero-order valence-electron chi connectivity index (χ0n) is 13.3. The lowest BCUT2D eigenvalue weighted by molar-refractivity contribution is -0.113. The lowest BCUT2D eigenvalue weighted by Crippen LogP contribution is -2.16. The van der Waals surface area contributed by atoms with Crippen molar-refractivity contribution in [1.82, 2.24) is 10.2 Å². The molecule has 23 heavy (non-hydrogen) atoms. The average Bonchev–Trinajstić information content (AvgIpc) is 3.01. The summed E-state index contributed by atoms with van der Waals surface area (Å²) in [6.45, 7) is 7.69. The zero-order valence-corrected chi connectivity index (χ0v) is 15.7. The quantitative estimate of drug-likeness (QED) is 0.619. The molecule has 0 saturated carbocycles. The SMILES string of the molecule is CCOC(=O)c1c(NC(=O)CSc2nnc(C)s2)sc(C)c1C. The number of thiophene rings is 1. The highest BCUT2D eigenvalue weighted by molar-refractivity contribution is 8.01. The van der Waals surface area contributed by atoms with Crippen LogP contribution in [-0.2, 0) is 9.53 Å². The minimum atomic E-state index is -0.406. The fourth-order valence-electron chi connectivity index (χ4n) is 1.79. The maximum atomic E-state index is 12.1. The summed E-state index contributed by atoms with van der Waals surface area (Å²) in [6.07, 6.45) is 0. The van der Waals surface area contributed by atoms with Crippen molar-refractivity contribution < 1.29 is 14.3 Å². The Morgan fingerprint density at radius 2 is 1.96 bits per heavy atom. The van der Waals surface area contributed by atoms with Crippen LogP contribution in [0.15, 0.2) is 4.34 Å². The van der Waals surface area contributed by atoms with Crippen LogP contribution >= 0.6 is 34.4 Å². The van der Waals surface area contributed by atoms with Crippen molar-refractivity contribution in [2.45, 2.75) is 32.0 Å². The summed E-state index contributed by atoms with van der Waals surface area (Å²) in [7, 11) is 0. The van der Waals surface area contributed by atoms with E-state index in [4.69, 9.17) is 4.74 Å². The van der Waals surface area contributed by atoms with E-state index < -0.39 is 5.97 Å². The first kappa shape index (κ1) is 17.9. The van der Waals surface area contributed by atoms with Crippen molar-refractivity contribution in [1.29, 1.82) is 0 Å². The molecular formula is C14H17N3O3S3. The molecule has 0 unspecified atom stereocenters. The topological polar surface area (TPSA) is 81.2 Å². The van der Waals surface area contributed by atoms with E-state index >= 15 is 0 Å². The summed E-state index contributed by atoms with van der Waals surface area (Å²) in [6, 6.07) is 0. The molecular weight excluding hydrogens is 354 g/mol. The molecule has 0 atom stereocenters. The number of aryl methyl sites for hydroxylation is 2. The van der Waals surface area contributed by atoms with E-state index in [0.717, 1.165) is 19.8 Å². The van der Waals surface area contributed by atoms with Crippen LogP contribution in [0.5, 0.6) is 0 Å². The highest BCUT2D eigenvalue weighted by atomic mass is 32.2. The zero-order chi connectivity index (χ0) is 17.0.